The molecule has 3 aliphatic heterocycles. The van der Waals surface area contributed by atoms with Crippen molar-refractivity contribution in [2.75, 3.05) is 32.1 Å². The van der Waals surface area contributed by atoms with E-state index in [1.807, 2.05) is 0 Å². The molecule has 326 valence electrons. The number of nitrogens with one attached hydrogen (secondary N) is 1. The summed E-state index contributed by atoms with van der Waals surface area (Å²) in [6, 6.07) is 1.24. The Labute approximate surface area is 350 Å². The van der Waals surface area contributed by atoms with Gasteiger partial charge in [0.1, 0.15) is 23.4 Å². The number of phenolic OH excluding ortho intramolecular Hbond substituents is 2. The fourth-order valence-corrected chi connectivity index (χ4v) is 7.57. The lowest BCUT2D eigenvalue weighted by atomic mass is 9.78. The van der Waals surface area contributed by atoms with Gasteiger partial charge in [0.25, 0.3) is 17.6 Å². The van der Waals surface area contributed by atoms with Gasteiger partial charge in [-0.25, -0.2) is 0 Å². The van der Waals surface area contributed by atoms with Crippen molar-refractivity contribution in [3.05, 3.63) is 78.6 Å². The van der Waals surface area contributed by atoms with E-state index in [1.54, 1.807) is 39.8 Å². The molecule has 0 aliphatic carbocycles. The quantitative estimate of drug-likeness (QED) is 0.118. The van der Waals surface area contributed by atoms with E-state index in [1.165, 1.54) is 76.3 Å². The molecule has 3 heterocycles. The number of hydrogen-bond donors (Lipinski definition) is 5. The molecule has 2 aromatic carbocycles. The number of rotatable bonds is 9. The summed E-state index contributed by atoms with van der Waals surface area (Å²) in [5, 5.41) is 48.4. The minimum atomic E-state index is -2.05. The molecule has 2 amide bonds. The summed E-state index contributed by atoms with van der Waals surface area (Å²) in [5.74, 6) is -8.34. The number of aliphatic hydroxyl groups excluding tert-OH is 2. The number of aliphatic hydroxyl groups is 2. The van der Waals surface area contributed by atoms with Gasteiger partial charge in [0.2, 0.25) is 0 Å². The Bertz CT molecular complexity index is 2080. The number of nitrogens with zero attached hydrogens (tertiary/aromatic N) is 1. The van der Waals surface area contributed by atoms with Crippen LogP contribution in [0, 0.1) is 30.6 Å². The second-order valence-corrected chi connectivity index (χ2v) is 15.6. The van der Waals surface area contributed by atoms with Crippen LogP contribution in [0.1, 0.15) is 64.4 Å². The van der Waals surface area contributed by atoms with Gasteiger partial charge >= 0.3 is 11.8 Å². The van der Waals surface area contributed by atoms with E-state index in [-0.39, 0.29) is 57.7 Å². The lowest BCUT2D eigenvalue weighted by molar-refractivity contribution is -0.160. The molecule has 0 radical (unpaired) electrons. The van der Waals surface area contributed by atoms with Crippen LogP contribution in [0.5, 0.6) is 23.0 Å². The number of allylic oxidation sites excluding steroid dienone is 2. The standard InChI is InChI=1S/C45H58N2O13/c1-12-18-47(19-13-2)33(49)22-57-32-21-30-40(53)35-34(32)36-42(28(8)39(35)52)60-45(10,43(36)54)58-20-17-31(56-11)25(5)41(59-29(9)48)27(7)38(51)26(6)37(50)23(3)15-14-16-24(4)44(55)46-30/h12-17,20-21,23,25-27,31,37-38,41,50-53H,1-2,18-19,22H2,3-11H3,(H,46,55)/b15-14+,20-17+,24-16+. The molecule has 0 aromatic heterocycles. The largest absolute Gasteiger partial charge is 0.507 e. The smallest absolute Gasteiger partial charge is 0.312 e. The van der Waals surface area contributed by atoms with Crippen molar-refractivity contribution in [2.45, 2.75) is 85.6 Å². The zero-order chi connectivity index (χ0) is 44.8. The highest BCUT2D eigenvalue weighted by atomic mass is 16.7. The van der Waals surface area contributed by atoms with E-state index in [2.05, 4.69) is 18.5 Å². The maximum atomic E-state index is 14.5. The maximum absolute atomic E-state index is 14.5. The molecule has 0 saturated heterocycles. The number of esters is 1. The number of hydrogen-bond acceptors (Lipinski definition) is 13. The van der Waals surface area contributed by atoms with E-state index in [9.17, 15) is 39.6 Å². The predicted octanol–water partition coefficient (Wildman–Crippen LogP) is 5.63. The molecule has 9 atom stereocenters. The van der Waals surface area contributed by atoms with Crippen molar-refractivity contribution in [3.8, 4) is 23.0 Å². The fraction of sp³-hybridized carbons (Fsp3) is 0.467. The summed E-state index contributed by atoms with van der Waals surface area (Å²) in [5.41, 5.74) is -0.0962. The lowest BCUT2D eigenvalue weighted by Gasteiger charge is -2.38. The molecule has 5 bridgehead atoms. The molecule has 5 N–H and O–H groups in total. The summed E-state index contributed by atoms with van der Waals surface area (Å²) in [6.07, 6.45) is 6.58. The van der Waals surface area contributed by atoms with Crippen molar-refractivity contribution < 1.29 is 63.3 Å². The van der Waals surface area contributed by atoms with Gasteiger partial charge in [-0.15, -0.1) is 13.2 Å². The van der Waals surface area contributed by atoms with Crippen LogP contribution >= 0.6 is 0 Å². The number of ether oxygens (including phenoxy) is 5. The average Bonchev–Trinajstić information content (AvgIpc) is 3.47. The third-order valence-corrected chi connectivity index (χ3v) is 11.2. The first-order valence-corrected chi connectivity index (χ1v) is 19.7. The van der Waals surface area contributed by atoms with Gasteiger partial charge in [0, 0.05) is 80.3 Å². The van der Waals surface area contributed by atoms with Crippen LogP contribution in [-0.4, -0.2) is 106 Å². The first-order chi connectivity index (χ1) is 28.2. The maximum Gasteiger partial charge on any atom is 0.312 e. The van der Waals surface area contributed by atoms with E-state index >= 15 is 0 Å². The lowest BCUT2D eigenvalue weighted by Crippen LogP contribution is -2.46. The van der Waals surface area contributed by atoms with Crippen LogP contribution < -0.4 is 14.8 Å². The molecule has 0 fully saturated rings. The second kappa shape index (κ2) is 19.6. The van der Waals surface area contributed by atoms with Gasteiger partial charge in [0.05, 0.1) is 41.2 Å². The van der Waals surface area contributed by atoms with Crippen molar-refractivity contribution >= 4 is 40.0 Å². The highest BCUT2D eigenvalue weighted by Crippen LogP contribution is 2.54. The van der Waals surface area contributed by atoms with Crippen LogP contribution in [0.3, 0.4) is 0 Å². The predicted molar refractivity (Wildman–Crippen MR) is 225 cm³/mol. The number of aromatic hydroxyl groups is 2. The van der Waals surface area contributed by atoms with Crippen LogP contribution in [0.2, 0.25) is 0 Å². The SMILES string of the molecule is C=CCN(CC=C)C(=O)COc1cc2c(O)c3c(O)c(C)c4c(c13)C(=O)C(C)(O/C=C/C(OC)C(C)C(OC(C)=O)C(C)C(O)C(C)C(O)C(C)/C=C/C=C(\C)C(=O)N2)O4. The summed E-state index contributed by atoms with van der Waals surface area (Å²) in [6.45, 7) is 19.7. The number of fused-ring (bicyclic) bond motifs is 14. The highest BCUT2D eigenvalue weighted by Gasteiger charge is 2.49. The minimum absolute atomic E-state index is 0.0588. The third-order valence-electron chi connectivity index (χ3n) is 11.2. The van der Waals surface area contributed by atoms with E-state index in [4.69, 9.17) is 23.7 Å². The van der Waals surface area contributed by atoms with Crippen molar-refractivity contribution in [2.24, 2.45) is 23.7 Å². The Hall–Kier alpha value is -5.64. The van der Waals surface area contributed by atoms with Crippen LogP contribution in [0.15, 0.2) is 67.5 Å². The second-order valence-electron chi connectivity index (χ2n) is 15.6. The Balaban J connectivity index is 1.94. The molecular weight excluding hydrogens is 776 g/mol. The van der Waals surface area contributed by atoms with Gasteiger partial charge < -0.3 is 54.3 Å². The first kappa shape index (κ1) is 47.0. The van der Waals surface area contributed by atoms with Gasteiger partial charge in [-0.2, -0.15) is 0 Å². The Morgan fingerprint density at radius 3 is 2.22 bits per heavy atom. The number of phenols is 2. The third kappa shape index (κ3) is 9.69. The van der Waals surface area contributed by atoms with E-state index in [0.717, 1.165) is 0 Å². The molecule has 0 spiro atoms. The molecule has 60 heavy (non-hydrogen) atoms. The summed E-state index contributed by atoms with van der Waals surface area (Å²) < 4.78 is 29.7. The van der Waals surface area contributed by atoms with Crippen molar-refractivity contribution in [1.29, 1.82) is 0 Å². The Morgan fingerprint density at radius 2 is 1.62 bits per heavy atom. The molecule has 15 heteroatoms. The van der Waals surface area contributed by atoms with Crippen LogP contribution in [0.25, 0.3) is 10.8 Å². The summed E-state index contributed by atoms with van der Waals surface area (Å²) in [7, 11) is 1.43. The molecular formula is C45H58N2O13. The van der Waals surface area contributed by atoms with Crippen LogP contribution in [0.4, 0.5) is 5.69 Å². The van der Waals surface area contributed by atoms with Gasteiger partial charge in [-0.05, 0) is 19.9 Å². The summed E-state index contributed by atoms with van der Waals surface area (Å²) >= 11 is 0. The zero-order valence-corrected chi connectivity index (χ0v) is 35.7. The number of carbonyl (C=O) groups is 4. The Kier molecular flexibility index (Phi) is 15.4. The molecule has 5 rings (SSSR count). The monoisotopic (exact) mass is 834 g/mol. The number of carbonyl (C=O) groups excluding carboxylic acids is 4. The first-order valence-electron chi connectivity index (χ1n) is 19.7. The van der Waals surface area contributed by atoms with E-state index < -0.39 is 95.5 Å². The van der Waals surface area contributed by atoms with Gasteiger partial charge in [-0.3, -0.25) is 19.2 Å². The Morgan fingerprint density at radius 1 is 0.967 bits per heavy atom. The number of benzene rings is 2. The molecule has 3 aliphatic rings. The zero-order valence-electron chi connectivity index (χ0n) is 35.7. The van der Waals surface area contributed by atoms with E-state index in [0.29, 0.717) is 0 Å². The normalized spacial score (nSPS) is 29.4. The summed E-state index contributed by atoms with van der Waals surface area (Å²) in [4.78, 5) is 55.1. The highest BCUT2D eigenvalue weighted by molar-refractivity contribution is 6.21. The molecule has 9 unspecified atom stereocenters. The number of anilines is 1. The average molecular weight is 835 g/mol. The number of methoxy groups -OCH3 is 1. The van der Waals surface area contributed by atoms with Crippen molar-refractivity contribution in [3.63, 3.8) is 0 Å². The number of ketones is 1. The number of amides is 2. The fourth-order valence-electron chi connectivity index (χ4n) is 7.57. The molecule has 15 nitrogen and oxygen atoms in total. The number of Topliss-reactive ketones (excluding diaryl/α,β-unsaturated/α-hetero) is 1. The van der Waals surface area contributed by atoms with Crippen LogP contribution in [-0.2, 0) is 28.6 Å². The van der Waals surface area contributed by atoms with Gasteiger partial charge in [-0.1, -0.05) is 58.1 Å². The van der Waals surface area contributed by atoms with Crippen molar-refractivity contribution in [1.82, 2.24) is 4.90 Å². The minimum Gasteiger partial charge on any atom is -0.507 e. The topological polar surface area (TPSA) is 211 Å². The molecule has 2 aromatic rings. The van der Waals surface area contributed by atoms with Gasteiger partial charge in [0.15, 0.2) is 12.4 Å². The molecule has 0 saturated carbocycles.